The monoisotopic (exact) mass is 398 g/mol. The molecule has 0 atom stereocenters. The van der Waals surface area contributed by atoms with Gasteiger partial charge in [0, 0.05) is 45.0 Å². The molecular weight excluding hydrogens is 378 g/mol. The van der Waals surface area contributed by atoms with Gasteiger partial charge in [-0.2, -0.15) is 0 Å². The number of nitrogens with zero attached hydrogens (tertiary/aromatic N) is 6. The van der Waals surface area contributed by atoms with Gasteiger partial charge in [-0.05, 0) is 12.8 Å². The Bertz CT molecular complexity index is 761. The van der Waals surface area contributed by atoms with Crippen LogP contribution < -0.4 is 4.90 Å². The topological polar surface area (TPSA) is 50.1 Å². The molecule has 0 N–H and O–H groups in total. The minimum absolute atomic E-state index is 0.380. The maximum absolute atomic E-state index is 12.9. The summed E-state index contributed by atoms with van der Waals surface area (Å²) in [6.45, 7) is 5.45. The van der Waals surface area contributed by atoms with E-state index in [1.807, 2.05) is 28.8 Å². The number of aromatic nitrogens is 4. The zero-order valence-corrected chi connectivity index (χ0v) is 16.1. The predicted molar refractivity (Wildman–Crippen MR) is 101 cm³/mol. The standard InChI is InChI=1S/C17H21Cl2FN6/c1-2-14-23-15(18)16(19)26(14)6-4-3-5-24-7-9-25(10-8-24)17-21-11-13(20)12-22-17/h7,9,11-12H,2-6,8,10H2,1H3. The Morgan fingerprint density at radius 1 is 1.08 bits per heavy atom. The van der Waals surface area contributed by atoms with Gasteiger partial charge in [-0.1, -0.05) is 30.1 Å². The van der Waals surface area contributed by atoms with Gasteiger partial charge in [0.05, 0.1) is 12.4 Å². The van der Waals surface area contributed by atoms with Crippen LogP contribution in [0.5, 0.6) is 0 Å². The first kappa shape index (κ1) is 18.9. The van der Waals surface area contributed by atoms with E-state index in [-0.39, 0.29) is 0 Å². The Hall–Kier alpha value is -1.86. The first-order chi connectivity index (χ1) is 12.6. The van der Waals surface area contributed by atoms with Crippen molar-refractivity contribution in [3.63, 3.8) is 0 Å². The summed E-state index contributed by atoms with van der Waals surface area (Å²) in [6, 6.07) is 0. The molecule has 2 aromatic heterocycles. The van der Waals surface area contributed by atoms with Crippen molar-refractivity contribution >= 4 is 29.2 Å². The number of unbranched alkanes of at least 4 members (excludes halogenated alkanes) is 1. The van der Waals surface area contributed by atoms with Crippen LogP contribution in [0.2, 0.25) is 10.3 Å². The second-order valence-corrected chi connectivity index (χ2v) is 6.77. The van der Waals surface area contributed by atoms with Crippen LogP contribution in [-0.2, 0) is 13.0 Å². The van der Waals surface area contributed by atoms with Crippen molar-refractivity contribution in [2.45, 2.75) is 32.7 Å². The smallest absolute Gasteiger partial charge is 0.229 e. The Balaban J connectivity index is 1.45. The highest BCUT2D eigenvalue weighted by Gasteiger charge is 2.14. The van der Waals surface area contributed by atoms with Gasteiger partial charge in [-0.3, -0.25) is 0 Å². The second kappa shape index (κ2) is 8.68. The molecule has 0 saturated heterocycles. The average Bonchev–Trinajstić information content (AvgIpc) is 2.94. The van der Waals surface area contributed by atoms with E-state index in [0.717, 1.165) is 51.3 Å². The molecule has 9 heteroatoms. The molecule has 26 heavy (non-hydrogen) atoms. The summed E-state index contributed by atoms with van der Waals surface area (Å²) in [5.41, 5.74) is 0. The van der Waals surface area contributed by atoms with Crippen LogP contribution in [0.4, 0.5) is 10.3 Å². The summed E-state index contributed by atoms with van der Waals surface area (Å²) in [4.78, 5) is 16.4. The Morgan fingerprint density at radius 3 is 2.46 bits per heavy atom. The molecule has 0 aromatic carbocycles. The lowest BCUT2D eigenvalue weighted by Gasteiger charge is -2.30. The van der Waals surface area contributed by atoms with Crippen LogP contribution in [0.3, 0.4) is 0 Å². The minimum Gasteiger partial charge on any atom is -0.374 e. The number of aryl methyl sites for hydroxylation is 1. The van der Waals surface area contributed by atoms with E-state index < -0.39 is 5.82 Å². The molecule has 0 unspecified atom stereocenters. The fourth-order valence-electron chi connectivity index (χ4n) is 2.89. The summed E-state index contributed by atoms with van der Waals surface area (Å²) in [5.74, 6) is 1.01. The molecule has 1 aliphatic rings. The maximum atomic E-state index is 12.9. The lowest BCUT2D eigenvalue weighted by Crippen LogP contribution is -2.35. The van der Waals surface area contributed by atoms with Crippen molar-refractivity contribution in [2.24, 2.45) is 0 Å². The van der Waals surface area contributed by atoms with Crippen LogP contribution in [-0.4, -0.2) is 44.1 Å². The van der Waals surface area contributed by atoms with Gasteiger partial charge in [-0.15, -0.1) is 0 Å². The zero-order valence-electron chi connectivity index (χ0n) is 14.6. The highest BCUT2D eigenvalue weighted by molar-refractivity contribution is 6.40. The Labute approximate surface area is 162 Å². The van der Waals surface area contributed by atoms with Crippen LogP contribution in [0.1, 0.15) is 25.6 Å². The molecule has 6 nitrogen and oxygen atoms in total. The quantitative estimate of drug-likeness (QED) is 0.664. The summed E-state index contributed by atoms with van der Waals surface area (Å²) in [5, 5.41) is 0.905. The van der Waals surface area contributed by atoms with Crippen molar-refractivity contribution in [1.29, 1.82) is 0 Å². The SMILES string of the molecule is CCc1nc(Cl)c(Cl)n1CCCCN1C=CN(c2ncc(F)cn2)CC1. The number of halogens is 3. The van der Waals surface area contributed by atoms with Crippen molar-refractivity contribution < 1.29 is 4.39 Å². The molecule has 0 bridgehead atoms. The third-order valence-corrected chi connectivity index (χ3v) is 5.03. The summed E-state index contributed by atoms with van der Waals surface area (Å²) in [6.07, 6.45) is 9.15. The Kier molecular flexibility index (Phi) is 6.32. The fraction of sp³-hybridized carbons (Fsp3) is 0.471. The van der Waals surface area contributed by atoms with E-state index in [1.54, 1.807) is 0 Å². The summed E-state index contributed by atoms with van der Waals surface area (Å²) < 4.78 is 14.9. The lowest BCUT2D eigenvalue weighted by atomic mass is 10.2. The molecular formula is C17H21Cl2FN6. The summed E-state index contributed by atoms with van der Waals surface area (Å²) in [7, 11) is 0. The maximum Gasteiger partial charge on any atom is 0.229 e. The van der Waals surface area contributed by atoms with E-state index in [2.05, 4.69) is 19.9 Å². The third-order valence-electron chi connectivity index (χ3n) is 4.29. The van der Waals surface area contributed by atoms with E-state index >= 15 is 0 Å². The fourth-order valence-corrected chi connectivity index (χ4v) is 3.32. The lowest BCUT2D eigenvalue weighted by molar-refractivity contribution is 0.354. The van der Waals surface area contributed by atoms with E-state index in [9.17, 15) is 4.39 Å². The van der Waals surface area contributed by atoms with Gasteiger partial charge in [0.15, 0.2) is 11.0 Å². The van der Waals surface area contributed by atoms with Gasteiger partial charge in [-0.25, -0.2) is 19.3 Å². The van der Waals surface area contributed by atoms with Crippen LogP contribution >= 0.6 is 23.2 Å². The number of anilines is 1. The molecule has 0 spiro atoms. The predicted octanol–water partition coefficient (Wildman–Crippen LogP) is 3.76. The van der Waals surface area contributed by atoms with Crippen LogP contribution in [0.25, 0.3) is 0 Å². The zero-order chi connectivity index (χ0) is 18.5. The first-order valence-electron chi connectivity index (χ1n) is 8.65. The van der Waals surface area contributed by atoms with E-state index in [4.69, 9.17) is 23.2 Å². The number of rotatable bonds is 7. The first-order valence-corrected chi connectivity index (χ1v) is 9.41. The van der Waals surface area contributed by atoms with Crippen molar-refractivity contribution in [3.05, 3.63) is 46.7 Å². The molecule has 140 valence electrons. The highest BCUT2D eigenvalue weighted by Crippen LogP contribution is 2.23. The Morgan fingerprint density at radius 2 is 1.81 bits per heavy atom. The number of hydrogen-bond donors (Lipinski definition) is 0. The number of hydrogen-bond acceptors (Lipinski definition) is 5. The van der Waals surface area contributed by atoms with E-state index in [0.29, 0.717) is 16.3 Å². The van der Waals surface area contributed by atoms with Crippen molar-refractivity contribution in [2.75, 3.05) is 24.5 Å². The molecule has 0 aliphatic carbocycles. The average molecular weight is 399 g/mol. The highest BCUT2D eigenvalue weighted by atomic mass is 35.5. The molecule has 3 heterocycles. The largest absolute Gasteiger partial charge is 0.374 e. The molecule has 0 radical (unpaired) electrons. The second-order valence-electron chi connectivity index (χ2n) is 6.05. The number of imidazole rings is 1. The van der Waals surface area contributed by atoms with Gasteiger partial charge < -0.3 is 14.4 Å². The van der Waals surface area contributed by atoms with Gasteiger partial charge >= 0.3 is 0 Å². The van der Waals surface area contributed by atoms with Crippen LogP contribution in [0, 0.1) is 5.82 Å². The molecule has 0 amide bonds. The molecule has 1 aliphatic heterocycles. The normalized spacial score (nSPS) is 14.3. The van der Waals surface area contributed by atoms with Crippen molar-refractivity contribution in [1.82, 2.24) is 24.4 Å². The molecule has 3 rings (SSSR count). The van der Waals surface area contributed by atoms with E-state index in [1.165, 1.54) is 12.4 Å². The van der Waals surface area contributed by atoms with Gasteiger partial charge in [0.25, 0.3) is 0 Å². The van der Waals surface area contributed by atoms with Crippen LogP contribution in [0.15, 0.2) is 24.8 Å². The molecule has 0 fully saturated rings. The van der Waals surface area contributed by atoms with Gasteiger partial charge in [0.1, 0.15) is 11.0 Å². The third kappa shape index (κ3) is 4.45. The van der Waals surface area contributed by atoms with Crippen molar-refractivity contribution in [3.8, 4) is 0 Å². The molecule has 2 aromatic rings. The van der Waals surface area contributed by atoms with Gasteiger partial charge in [0.2, 0.25) is 5.95 Å². The summed E-state index contributed by atoms with van der Waals surface area (Å²) >= 11 is 12.2. The minimum atomic E-state index is -0.429. The molecule has 0 saturated carbocycles.